The van der Waals surface area contributed by atoms with E-state index in [0.29, 0.717) is 13.0 Å². The summed E-state index contributed by atoms with van der Waals surface area (Å²) in [6.07, 6.45) is 63.5. The molecule has 0 radical (unpaired) electrons. The third kappa shape index (κ3) is 43.9. The highest BCUT2D eigenvalue weighted by atomic mass is 16.6. The maximum atomic E-state index is 12.2. The monoisotopic (exact) mass is 737 g/mol. The van der Waals surface area contributed by atoms with Crippen LogP contribution in [0, 0.1) is 0 Å². The number of ether oxygens (including phenoxy) is 2. The molecule has 0 aromatic carbocycles. The summed E-state index contributed by atoms with van der Waals surface area (Å²) in [5, 5.41) is 9.61. The van der Waals surface area contributed by atoms with Crippen LogP contribution in [0.4, 0.5) is 0 Å². The Labute approximate surface area is 329 Å². The van der Waals surface area contributed by atoms with E-state index in [1.165, 1.54) is 103 Å². The minimum atomic E-state index is -0.550. The molecule has 0 aliphatic carbocycles. The maximum absolute atomic E-state index is 12.2. The van der Waals surface area contributed by atoms with E-state index in [1.54, 1.807) is 0 Å². The molecule has 4 heteroatoms. The molecule has 0 aromatic rings. The molecule has 0 saturated heterocycles. The molecular weight excluding hydrogens is 653 g/mol. The normalized spacial score (nSPS) is 13.2. The van der Waals surface area contributed by atoms with Crippen molar-refractivity contribution >= 4 is 5.97 Å². The van der Waals surface area contributed by atoms with Crippen molar-refractivity contribution in [2.24, 2.45) is 0 Å². The van der Waals surface area contributed by atoms with E-state index in [-0.39, 0.29) is 19.2 Å². The van der Waals surface area contributed by atoms with E-state index < -0.39 is 6.10 Å². The van der Waals surface area contributed by atoms with Crippen LogP contribution in [0.5, 0.6) is 0 Å². The predicted molar refractivity (Wildman–Crippen MR) is 232 cm³/mol. The average molecular weight is 737 g/mol. The van der Waals surface area contributed by atoms with Crippen LogP contribution in [-0.2, 0) is 14.3 Å². The predicted octanol–water partition coefficient (Wildman–Crippen LogP) is 14.8. The van der Waals surface area contributed by atoms with E-state index in [4.69, 9.17) is 9.47 Å². The number of rotatable bonds is 40. The molecule has 0 aliphatic heterocycles. The molecule has 53 heavy (non-hydrogen) atoms. The summed E-state index contributed by atoms with van der Waals surface area (Å²) in [7, 11) is 0. The Morgan fingerprint density at radius 2 is 0.849 bits per heavy atom. The molecule has 1 N–H and O–H groups in total. The molecule has 0 bridgehead atoms. The van der Waals surface area contributed by atoms with Gasteiger partial charge in [0.05, 0.1) is 13.2 Å². The summed E-state index contributed by atoms with van der Waals surface area (Å²) < 4.78 is 11.2. The maximum Gasteiger partial charge on any atom is 0.306 e. The number of hydrogen-bond donors (Lipinski definition) is 1. The molecule has 304 valence electrons. The van der Waals surface area contributed by atoms with Gasteiger partial charge in [0.15, 0.2) is 0 Å². The number of carbonyl (C=O) groups is 1. The second kappa shape index (κ2) is 45.7. The van der Waals surface area contributed by atoms with E-state index in [9.17, 15) is 9.90 Å². The van der Waals surface area contributed by atoms with Crippen molar-refractivity contribution in [3.05, 3.63) is 85.1 Å². The van der Waals surface area contributed by atoms with Gasteiger partial charge in [0, 0.05) is 13.0 Å². The van der Waals surface area contributed by atoms with Crippen LogP contribution in [0.1, 0.15) is 194 Å². The number of aliphatic hydroxyl groups is 1. The standard InChI is InChI=1S/C49H84O4/c1-3-5-7-9-11-13-15-17-19-21-22-23-24-25-26-27-28-29-30-32-34-36-38-40-42-44-49(51)53-48(46-50)47-52-45-43-41-39-37-35-33-31-20-18-16-14-12-10-8-6-4-2/h5,7,11,13,17-20,22-23,25-26,28-29,48,50H,3-4,6,8-10,12,14-16,21,24,27,30-47H2,1-2H3/b7-5-,13-11-,19-17-,20-18-,23-22-,26-25-,29-28-. The molecule has 0 spiro atoms. The lowest BCUT2D eigenvalue weighted by molar-refractivity contribution is -0.154. The zero-order valence-electron chi connectivity index (χ0n) is 34.8. The summed E-state index contributed by atoms with van der Waals surface area (Å²) in [5.74, 6) is -0.220. The Kier molecular flexibility index (Phi) is 43.6. The van der Waals surface area contributed by atoms with Crippen molar-refractivity contribution in [3.63, 3.8) is 0 Å². The van der Waals surface area contributed by atoms with E-state index in [2.05, 4.69) is 98.9 Å². The van der Waals surface area contributed by atoms with Gasteiger partial charge in [0.1, 0.15) is 6.10 Å². The van der Waals surface area contributed by atoms with Crippen LogP contribution in [-0.4, -0.2) is 37.0 Å². The van der Waals surface area contributed by atoms with Crippen molar-refractivity contribution in [1.29, 1.82) is 0 Å². The Morgan fingerprint density at radius 1 is 0.472 bits per heavy atom. The smallest absolute Gasteiger partial charge is 0.306 e. The molecule has 0 fully saturated rings. The van der Waals surface area contributed by atoms with Gasteiger partial charge >= 0.3 is 5.97 Å². The van der Waals surface area contributed by atoms with Gasteiger partial charge < -0.3 is 14.6 Å². The number of unbranched alkanes of at least 4 members (excludes halogenated alkanes) is 18. The molecule has 1 unspecified atom stereocenters. The molecule has 0 saturated carbocycles. The van der Waals surface area contributed by atoms with Crippen LogP contribution < -0.4 is 0 Å². The van der Waals surface area contributed by atoms with Gasteiger partial charge in [-0.3, -0.25) is 4.79 Å². The van der Waals surface area contributed by atoms with Crippen LogP contribution in [0.15, 0.2) is 85.1 Å². The zero-order chi connectivity index (χ0) is 38.4. The van der Waals surface area contributed by atoms with Gasteiger partial charge in [0.2, 0.25) is 0 Å². The fraction of sp³-hybridized carbons (Fsp3) is 0.694. The second-order valence-corrected chi connectivity index (χ2v) is 14.4. The summed E-state index contributed by atoms with van der Waals surface area (Å²) >= 11 is 0. The van der Waals surface area contributed by atoms with Gasteiger partial charge in [-0.1, -0.05) is 182 Å². The highest BCUT2D eigenvalue weighted by molar-refractivity contribution is 5.69. The van der Waals surface area contributed by atoms with Gasteiger partial charge in [0.25, 0.3) is 0 Å². The topological polar surface area (TPSA) is 55.8 Å². The number of allylic oxidation sites excluding steroid dienone is 14. The summed E-state index contributed by atoms with van der Waals surface area (Å²) in [6, 6.07) is 0. The summed E-state index contributed by atoms with van der Waals surface area (Å²) in [5.41, 5.74) is 0. The highest BCUT2D eigenvalue weighted by Crippen LogP contribution is 2.12. The lowest BCUT2D eigenvalue weighted by atomic mass is 10.1. The summed E-state index contributed by atoms with van der Waals surface area (Å²) in [6.45, 7) is 5.19. The minimum absolute atomic E-state index is 0.185. The second-order valence-electron chi connectivity index (χ2n) is 14.4. The molecule has 0 aliphatic rings. The number of aliphatic hydroxyl groups excluding tert-OH is 1. The molecule has 1 atom stereocenters. The summed E-state index contributed by atoms with van der Waals surface area (Å²) in [4.78, 5) is 12.2. The van der Waals surface area contributed by atoms with Crippen LogP contribution in [0.25, 0.3) is 0 Å². The average Bonchev–Trinajstić information content (AvgIpc) is 3.16. The first kappa shape index (κ1) is 50.6. The third-order valence-electron chi connectivity index (χ3n) is 9.20. The van der Waals surface area contributed by atoms with Gasteiger partial charge in [-0.05, 0) is 89.9 Å². The lowest BCUT2D eigenvalue weighted by Crippen LogP contribution is -2.27. The molecular formula is C49H84O4. The number of esters is 1. The third-order valence-corrected chi connectivity index (χ3v) is 9.20. The largest absolute Gasteiger partial charge is 0.457 e. The SMILES string of the molecule is CC/C=C\C/C=C\C/C=C\C/C=C\C/C=C\C/C=C\CCCCCCCCC(=O)OC(CO)COCCCCCCCC/C=C\CCCCCCCC. The molecule has 0 rings (SSSR count). The van der Waals surface area contributed by atoms with E-state index in [0.717, 1.165) is 70.6 Å². The first-order valence-electron chi connectivity index (χ1n) is 22.2. The Bertz CT molecular complexity index is 954. The fourth-order valence-electron chi connectivity index (χ4n) is 5.91. The quantitative estimate of drug-likeness (QED) is 0.0387. The van der Waals surface area contributed by atoms with E-state index in [1.807, 2.05) is 0 Å². The van der Waals surface area contributed by atoms with E-state index >= 15 is 0 Å². The minimum Gasteiger partial charge on any atom is -0.457 e. The van der Waals surface area contributed by atoms with Gasteiger partial charge in [-0.15, -0.1) is 0 Å². The molecule has 0 heterocycles. The molecule has 4 nitrogen and oxygen atoms in total. The van der Waals surface area contributed by atoms with Crippen LogP contribution in [0.3, 0.4) is 0 Å². The van der Waals surface area contributed by atoms with Gasteiger partial charge in [-0.25, -0.2) is 0 Å². The lowest BCUT2D eigenvalue weighted by Gasteiger charge is -2.15. The Morgan fingerprint density at radius 3 is 1.30 bits per heavy atom. The van der Waals surface area contributed by atoms with Crippen LogP contribution in [0.2, 0.25) is 0 Å². The van der Waals surface area contributed by atoms with Crippen LogP contribution >= 0.6 is 0 Å². The number of carbonyl (C=O) groups excluding carboxylic acids is 1. The fourth-order valence-corrected chi connectivity index (χ4v) is 5.91. The van der Waals surface area contributed by atoms with Crippen molar-refractivity contribution < 1.29 is 19.4 Å². The van der Waals surface area contributed by atoms with Gasteiger partial charge in [-0.2, -0.15) is 0 Å². The van der Waals surface area contributed by atoms with Crippen molar-refractivity contribution in [3.8, 4) is 0 Å². The highest BCUT2D eigenvalue weighted by Gasteiger charge is 2.13. The number of hydrogen-bond acceptors (Lipinski definition) is 4. The van der Waals surface area contributed by atoms with Crippen molar-refractivity contribution in [2.45, 2.75) is 200 Å². The zero-order valence-corrected chi connectivity index (χ0v) is 34.8. The van der Waals surface area contributed by atoms with Crippen molar-refractivity contribution in [1.82, 2.24) is 0 Å². The first-order chi connectivity index (χ1) is 26.2. The molecule has 0 amide bonds. The first-order valence-corrected chi connectivity index (χ1v) is 22.2. The van der Waals surface area contributed by atoms with Crippen molar-refractivity contribution in [2.75, 3.05) is 19.8 Å². The Balaban J connectivity index is 3.53. The Hall–Kier alpha value is -2.43. The molecule has 0 aromatic heterocycles.